The lowest BCUT2D eigenvalue weighted by molar-refractivity contribution is 0.101. The molecular formula is C14H16N8O. The van der Waals surface area contributed by atoms with Crippen LogP contribution in [0.5, 0.6) is 0 Å². The molecule has 0 saturated heterocycles. The van der Waals surface area contributed by atoms with Gasteiger partial charge >= 0.3 is 0 Å². The van der Waals surface area contributed by atoms with Crippen LogP contribution in [-0.4, -0.2) is 40.4 Å². The van der Waals surface area contributed by atoms with Crippen molar-refractivity contribution in [1.82, 2.24) is 34.5 Å². The maximum atomic E-state index is 12.3. The SMILES string of the molecule is CC(C)(C)n1cnc(C(=O)Nc2cncnc2-n2cccn2)n1. The molecule has 0 fully saturated rings. The quantitative estimate of drug-likeness (QED) is 0.781. The molecule has 0 bridgehead atoms. The first-order valence-corrected chi connectivity index (χ1v) is 6.98. The molecule has 3 aromatic rings. The van der Waals surface area contributed by atoms with Crippen LogP contribution in [0.4, 0.5) is 5.69 Å². The molecule has 0 saturated carbocycles. The van der Waals surface area contributed by atoms with Gasteiger partial charge in [0.2, 0.25) is 5.82 Å². The molecule has 0 aliphatic heterocycles. The molecule has 0 spiro atoms. The van der Waals surface area contributed by atoms with Gasteiger partial charge in [0, 0.05) is 12.4 Å². The largest absolute Gasteiger partial charge is 0.315 e. The van der Waals surface area contributed by atoms with Crippen LogP contribution in [0.15, 0.2) is 37.3 Å². The fraction of sp³-hybridized carbons (Fsp3) is 0.286. The van der Waals surface area contributed by atoms with Gasteiger partial charge in [-0.15, -0.1) is 5.10 Å². The summed E-state index contributed by atoms with van der Waals surface area (Å²) in [5.41, 5.74) is 0.176. The molecule has 1 N–H and O–H groups in total. The number of anilines is 1. The van der Waals surface area contributed by atoms with Gasteiger partial charge in [0.1, 0.15) is 18.3 Å². The molecule has 9 nitrogen and oxygen atoms in total. The number of nitrogens with zero attached hydrogens (tertiary/aromatic N) is 7. The third-order valence-electron chi connectivity index (χ3n) is 3.04. The van der Waals surface area contributed by atoms with Crippen molar-refractivity contribution < 1.29 is 4.79 Å². The fourth-order valence-electron chi connectivity index (χ4n) is 1.86. The van der Waals surface area contributed by atoms with Gasteiger partial charge in [-0.1, -0.05) is 0 Å². The van der Waals surface area contributed by atoms with Gasteiger partial charge in [-0.25, -0.2) is 24.3 Å². The van der Waals surface area contributed by atoms with E-state index in [4.69, 9.17) is 0 Å². The second-order valence-electron chi connectivity index (χ2n) is 5.85. The van der Waals surface area contributed by atoms with E-state index in [0.29, 0.717) is 11.5 Å². The van der Waals surface area contributed by atoms with Crippen molar-refractivity contribution in [2.75, 3.05) is 5.32 Å². The highest BCUT2D eigenvalue weighted by Crippen LogP contribution is 2.16. The van der Waals surface area contributed by atoms with Crippen LogP contribution in [0.2, 0.25) is 0 Å². The molecule has 118 valence electrons. The minimum atomic E-state index is -0.434. The zero-order chi connectivity index (χ0) is 16.4. The summed E-state index contributed by atoms with van der Waals surface area (Å²) in [6, 6.07) is 1.76. The Labute approximate surface area is 132 Å². The smallest absolute Gasteiger partial charge is 0.295 e. The highest BCUT2D eigenvalue weighted by Gasteiger charge is 2.19. The Balaban J connectivity index is 1.85. The van der Waals surface area contributed by atoms with Crippen LogP contribution >= 0.6 is 0 Å². The third kappa shape index (κ3) is 3.07. The van der Waals surface area contributed by atoms with Crippen LogP contribution in [0.1, 0.15) is 31.4 Å². The van der Waals surface area contributed by atoms with Crippen LogP contribution in [0, 0.1) is 0 Å². The average Bonchev–Trinajstić information content (AvgIpc) is 3.19. The highest BCUT2D eigenvalue weighted by atomic mass is 16.2. The van der Waals surface area contributed by atoms with Gasteiger partial charge in [0.05, 0.1) is 11.7 Å². The Hall–Kier alpha value is -3.10. The van der Waals surface area contributed by atoms with Gasteiger partial charge < -0.3 is 5.32 Å². The minimum absolute atomic E-state index is 0.0789. The number of amides is 1. The van der Waals surface area contributed by atoms with E-state index < -0.39 is 5.91 Å². The first kappa shape index (κ1) is 14.8. The lowest BCUT2D eigenvalue weighted by Crippen LogP contribution is -2.23. The number of aromatic nitrogens is 7. The van der Waals surface area contributed by atoms with Crippen molar-refractivity contribution in [3.63, 3.8) is 0 Å². The number of carbonyl (C=O) groups excluding carboxylic acids is 1. The standard InChI is InChI=1S/C14H16N8O/c1-14(2,3)22-9-17-11(20-22)13(23)19-10-7-15-8-16-12(10)21-6-4-5-18-21/h4-9H,1-3H3,(H,19,23). The number of rotatable bonds is 3. The van der Waals surface area contributed by atoms with Crippen LogP contribution < -0.4 is 5.32 Å². The van der Waals surface area contributed by atoms with E-state index in [1.807, 2.05) is 20.8 Å². The summed E-state index contributed by atoms with van der Waals surface area (Å²) >= 11 is 0. The van der Waals surface area contributed by atoms with Crippen molar-refractivity contribution in [3.8, 4) is 5.82 Å². The van der Waals surface area contributed by atoms with E-state index in [1.165, 1.54) is 18.9 Å². The lowest BCUT2D eigenvalue weighted by atomic mass is 10.1. The summed E-state index contributed by atoms with van der Waals surface area (Å²) in [7, 11) is 0. The second-order valence-corrected chi connectivity index (χ2v) is 5.85. The highest BCUT2D eigenvalue weighted by molar-refractivity contribution is 6.02. The zero-order valence-electron chi connectivity index (χ0n) is 13.0. The monoisotopic (exact) mass is 312 g/mol. The predicted molar refractivity (Wildman–Crippen MR) is 82.1 cm³/mol. The van der Waals surface area contributed by atoms with Crippen molar-refractivity contribution in [2.45, 2.75) is 26.3 Å². The Kier molecular flexibility index (Phi) is 3.61. The molecule has 3 aromatic heterocycles. The van der Waals surface area contributed by atoms with Gasteiger partial charge in [0.15, 0.2) is 5.82 Å². The number of hydrogen-bond acceptors (Lipinski definition) is 6. The third-order valence-corrected chi connectivity index (χ3v) is 3.04. The molecule has 0 radical (unpaired) electrons. The summed E-state index contributed by atoms with van der Waals surface area (Å²) in [4.78, 5) is 24.5. The molecule has 0 unspecified atom stereocenters. The van der Waals surface area contributed by atoms with E-state index in [2.05, 4.69) is 30.5 Å². The molecule has 9 heteroatoms. The maximum absolute atomic E-state index is 12.3. The van der Waals surface area contributed by atoms with Gasteiger partial charge in [0.25, 0.3) is 5.91 Å². The summed E-state index contributed by atoms with van der Waals surface area (Å²) in [5.74, 6) is 0.111. The molecule has 3 rings (SSSR count). The van der Waals surface area contributed by atoms with E-state index in [0.717, 1.165) is 0 Å². The van der Waals surface area contributed by atoms with E-state index in [1.54, 1.807) is 27.8 Å². The van der Waals surface area contributed by atoms with Crippen LogP contribution in [0.25, 0.3) is 5.82 Å². The predicted octanol–water partition coefficient (Wildman–Crippen LogP) is 1.26. The van der Waals surface area contributed by atoms with Crippen molar-refractivity contribution in [3.05, 3.63) is 43.1 Å². The van der Waals surface area contributed by atoms with Gasteiger partial charge in [-0.2, -0.15) is 5.10 Å². The Morgan fingerprint density at radius 1 is 1.26 bits per heavy atom. The van der Waals surface area contributed by atoms with E-state index in [-0.39, 0.29) is 11.4 Å². The Bertz CT molecular complexity index is 815. The molecular weight excluding hydrogens is 296 g/mol. The van der Waals surface area contributed by atoms with E-state index in [9.17, 15) is 4.79 Å². The molecule has 3 heterocycles. The normalized spacial score (nSPS) is 11.4. The summed E-state index contributed by atoms with van der Waals surface area (Å²) in [5, 5.41) is 11.0. The van der Waals surface area contributed by atoms with Crippen LogP contribution in [0.3, 0.4) is 0 Å². The molecule has 0 atom stereocenters. The Morgan fingerprint density at radius 3 is 2.74 bits per heavy atom. The van der Waals surface area contributed by atoms with Crippen molar-refractivity contribution >= 4 is 11.6 Å². The second kappa shape index (κ2) is 5.59. The fourth-order valence-corrected chi connectivity index (χ4v) is 1.86. The van der Waals surface area contributed by atoms with Crippen LogP contribution in [-0.2, 0) is 5.54 Å². The zero-order valence-corrected chi connectivity index (χ0v) is 13.0. The Morgan fingerprint density at radius 2 is 2.09 bits per heavy atom. The lowest BCUT2D eigenvalue weighted by Gasteiger charge is -2.17. The summed E-state index contributed by atoms with van der Waals surface area (Å²) in [6.45, 7) is 5.93. The van der Waals surface area contributed by atoms with Crippen molar-refractivity contribution in [1.29, 1.82) is 0 Å². The van der Waals surface area contributed by atoms with E-state index >= 15 is 0 Å². The molecule has 0 aliphatic rings. The number of hydrogen-bond donors (Lipinski definition) is 1. The first-order valence-electron chi connectivity index (χ1n) is 6.98. The summed E-state index contributed by atoms with van der Waals surface area (Å²) < 4.78 is 3.18. The maximum Gasteiger partial charge on any atom is 0.295 e. The number of nitrogens with one attached hydrogen (secondary N) is 1. The average molecular weight is 312 g/mol. The topological polar surface area (TPSA) is 103 Å². The first-order chi connectivity index (χ1) is 10.9. The number of carbonyl (C=O) groups is 1. The molecule has 0 aromatic carbocycles. The molecule has 0 aliphatic carbocycles. The molecule has 23 heavy (non-hydrogen) atoms. The molecule has 1 amide bonds. The minimum Gasteiger partial charge on any atom is -0.315 e. The van der Waals surface area contributed by atoms with Gasteiger partial charge in [-0.05, 0) is 26.8 Å². The summed E-state index contributed by atoms with van der Waals surface area (Å²) in [6.07, 6.45) is 7.78. The van der Waals surface area contributed by atoms with Crippen molar-refractivity contribution in [2.24, 2.45) is 0 Å². The van der Waals surface area contributed by atoms with Gasteiger partial charge in [-0.3, -0.25) is 4.79 Å².